The molecule has 0 fully saturated rings. The van der Waals surface area contributed by atoms with Crippen LogP contribution in [0.5, 0.6) is 0 Å². The number of aromatic nitrogens is 1. The Bertz CT molecular complexity index is 444. The molecule has 1 heterocycles. The molecule has 0 amide bonds. The summed E-state index contributed by atoms with van der Waals surface area (Å²) >= 11 is 0. The third kappa shape index (κ3) is 15.4. The summed E-state index contributed by atoms with van der Waals surface area (Å²) in [5.41, 5.74) is 1.39. The van der Waals surface area contributed by atoms with Gasteiger partial charge in [-0.2, -0.15) is 8.42 Å². The molecule has 124 valence electrons. The van der Waals surface area contributed by atoms with Crippen LogP contribution in [0.2, 0.25) is 0 Å². The summed E-state index contributed by atoms with van der Waals surface area (Å²) in [6.45, 7) is 5.66. The predicted octanol–water partition coefficient (Wildman–Crippen LogP) is 4.44. The van der Waals surface area contributed by atoms with Gasteiger partial charge in [0.1, 0.15) is 0 Å². The fourth-order valence-electron chi connectivity index (χ4n) is 2.17. The van der Waals surface area contributed by atoms with Crippen molar-refractivity contribution in [3.63, 3.8) is 0 Å². The molecule has 0 spiro atoms. The summed E-state index contributed by atoms with van der Waals surface area (Å²) in [5, 5.41) is 0. The van der Waals surface area contributed by atoms with E-state index in [-0.39, 0.29) is 0 Å². The average Bonchev–Trinajstić information content (AvgIpc) is 2.76. The second kappa shape index (κ2) is 11.8. The molecular weight excluding hydrogens is 286 g/mol. The number of aryl methyl sites for hydroxylation is 2. The van der Waals surface area contributed by atoms with Crippen LogP contribution in [-0.2, 0) is 16.7 Å². The number of rotatable bonds is 9. The highest BCUT2D eigenvalue weighted by Crippen LogP contribution is 2.10. The maximum absolute atomic E-state index is 9.19. The number of hydrogen-bond acceptors (Lipinski definition) is 2. The van der Waals surface area contributed by atoms with E-state index in [4.69, 9.17) is 4.55 Å². The van der Waals surface area contributed by atoms with Crippen molar-refractivity contribution in [3.05, 3.63) is 24.0 Å². The Morgan fingerprint density at radius 2 is 1.52 bits per heavy atom. The van der Waals surface area contributed by atoms with Gasteiger partial charge < -0.3 is 4.57 Å². The fourth-order valence-corrected chi connectivity index (χ4v) is 2.17. The minimum Gasteiger partial charge on any atom is -0.352 e. The molecular formula is C16H31NO3S. The Morgan fingerprint density at radius 1 is 1.05 bits per heavy atom. The van der Waals surface area contributed by atoms with Crippen LogP contribution in [0.25, 0.3) is 0 Å². The molecule has 0 unspecified atom stereocenters. The van der Waals surface area contributed by atoms with E-state index in [0.29, 0.717) is 6.26 Å². The summed E-state index contributed by atoms with van der Waals surface area (Å²) in [6, 6.07) is 4.32. The zero-order valence-corrected chi connectivity index (χ0v) is 14.5. The summed E-state index contributed by atoms with van der Waals surface area (Å²) in [4.78, 5) is 0. The molecule has 0 saturated heterocycles. The van der Waals surface area contributed by atoms with Crippen molar-refractivity contribution in [2.24, 2.45) is 0 Å². The zero-order valence-electron chi connectivity index (χ0n) is 13.7. The molecule has 1 rings (SSSR count). The first-order valence-electron chi connectivity index (χ1n) is 7.88. The highest BCUT2D eigenvalue weighted by atomic mass is 32.2. The van der Waals surface area contributed by atoms with Gasteiger partial charge in [-0.15, -0.1) is 0 Å². The standard InChI is InChI=1S/C15H27N.CH4O3S/c1-3-4-5-6-7-8-9-10-13-16-14-11-12-15(16)2;1-5(2,3)4/h11-12,14H,3-10,13H2,1-2H3;1H3,(H,2,3,4). The smallest absolute Gasteiger partial charge is 0.261 e. The van der Waals surface area contributed by atoms with Gasteiger partial charge in [-0.1, -0.05) is 51.9 Å². The van der Waals surface area contributed by atoms with E-state index in [2.05, 4.69) is 36.7 Å². The molecule has 0 radical (unpaired) electrons. The monoisotopic (exact) mass is 317 g/mol. The average molecular weight is 317 g/mol. The minimum atomic E-state index is -3.67. The van der Waals surface area contributed by atoms with Gasteiger partial charge in [-0.3, -0.25) is 4.55 Å². The van der Waals surface area contributed by atoms with Crippen LogP contribution >= 0.6 is 0 Å². The Morgan fingerprint density at radius 3 is 1.95 bits per heavy atom. The Balaban J connectivity index is 0.000000690. The Kier molecular flexibility index (Phi) is 11.4. The highest BCUT2D eigenvalue weighted by Gasteiger charge is 1.95. The molecule has 0 atom stereocenters. The van der Waals surface area contributed by atoms with Gasteiger partial charge in [0.2, 0.25) is 0 Å². The summed E-state index contributed by atoms with van der Waals surface area (Å²) < 4.78 is 28.2. The van der Waals surface area contributed by atoms with E-state index in [1.54, 1.807) is 0 Å². The van der Waals surface area contributed by atoms with E-state index in [1.807, 2.05) is 0 Å². The Hall–Kier alpha value is -0.810. The van der Waals surface area contributed by atoms with Crippen LogP contribution in [0, 0.1) is 6.92 Å². The van der Waals surface area contributed by atoms with Crippen molar-refractivity contribution < 1.29 is 13.0 Å². The molecule has 0 aromatic carbocycles. The molecule has 0 aliphatic rings. The summed E-state index contributed by atoms with van der Waals surface area (Å²) in [6.07, 6.45) is 14.1. The van der Waals surface area contributed by atoms with Crippen LogP contribution in [0.3, 0.4) is 0 Å². The van der Waals surface area contributed by atoms with Gasteiger partial charge in [0.25, 0.3) is 10.1 Å². The largest absolute Gasteiger partial charge is 0.352 e. The SMILES string of the molecule is CCCCCCCCCCn1cccc1C.CS(=O)(=O)O. The van der Waals surface area contributed by atoms with Gasteiger partial charge in [0.05, 0.1) is 6.26 Å². The molecule has 1 N–H and O–H groups in total. The second-order valence-electron chi connectivity index (χ2n) is 5.55. The molecule has 1 aromatic heterocycles. The number of nitrogens with zero attached hydrogens (tertiary/aromatic N) is 1. The lowest BCUT2D eigenvalue weighted by Gasteiger charge is -2.05. The van der Waals surface area contributed by atoms with Gasteiger partial charge >= 0.3 is 0 Å². The van der Waals surface area contributed by atoms with Crippen molar-refractivity contribution in [3.8, 4) is 0 Å². The molecule has 0 saturated carbocycles. The van der Waals surface area contributed by atoms with Crippen molar-refractivity contribution in [2.45, 2.75) is 71.8 Å². The first-order valence-corrected chi connectivity index (χ1v) is 9.73. The third-order valence-corrected chi connectivity index (χ3v) is 3.31. The first kappa shape index (κ1) is 20.2. The molecule has 4 nitrogen and oxygen atoms in total. The number of unbranched alkanes of at least 4 members (excludes halogenated alkanes) is 7. The molecule has 0 aliphatic heterocycles. The van der Waals surface area contributed by atoms with Crippen molar-refractivity contribution in [1.82, 2.24) is 4.57 Å². The number of hydrogen-bond donors (Lipinski definition) is 1. The van der Waals surface area contributed by atoms with Crippen molar-refractivity contribution in [2.75, 3.05) is 6.26 Å². The molecule has 0 bridgehead atoms. The van der Waals surface area contributed by atoms with E-state index in [0.717, 1.165) is 0 Å². The minimum absolute atomic E-state index is 0.715. The van der Waals surface area contributed by atoms with Crippen LogP contribution in [-0.4, -0.2) is 23.8 Å². The maximum Gasteiger partial charge on any atom is 0.261 e. The van der Waals surface area contributed by atoms with E-state index < -0.39 is 10.1 Å². The topological polar surface area (TPSA) is 59.3 Å². The van der Waals surface area contributed by atoms with Crippen LogP contribution < -0.4 is 0 Å². The quantitative estimate of drug-likeness (QED) is 0.541. The van der Waals surface area contributed by atoms with Gasteiger partial charge in [-0.25, -0.2) is 0 Å². The summed E-state index contributed by atoms with van der Waals surface area (Å²) in [5.74, 6) is 0. The fraction of sp³-hybridized carbons (Fsp3) is 0.750. The van der Waals surface area contributed by atoms with E-state index in [1.165, 1.54) is 63.6 Å². The predicted molar refractivity (Wildman–Crippen MR) is 89.3 cm³/mol. The lowest BCUT2D eigenvalue weighted by molar-refractivity contribution is 0.490. The first-order chi connectivity index (χ1) is 9.84. The zero-order chi connectivity index (χ0) is 16.1. The third-order valence-electron chi connectivity index (χ3n) is 3.31. The molecule has 1 aromatic rings. The lowest BCUT2D eigenvalue weighted by Crippen LogP contribution is -1.97. The van der Waals surface area contributed by atoms with Crippen molar-refractivity contribution >= 4 is 10.1 Å². The second-order valence-corrected chi connectivity index (χ2v) is 7.02. The van der Waals surface area contributed by atoms with Gasteiger partial charge in [-0.05, 0) is 25.5 Å². The van der Waals surface area contributed by atoms with Gasteiger partial charge in [0, 0.05) is 18.4 Å². The van der Waals surface area contributed by atoms with Crippen LogP contribution in [0.15, 0.2) is 18.3 Å². The Labute approximate surface area is 130 Å². The molecule has 0 aliphatic carbocycles. The maximum atomic E-state index is 9.19. The van der Waals surface area contributed by atoms with Gasteiger partial charge in [0.15, 0.2) is 0 Å². The lowest BCUT2D eigenvalue weighted by atomic mass is 10.1. The molecule has 5 heteroatoms. The van der Waals surface area contributed by atoms with E-state index >= 15 is 0 Å². The van der Waals surface area contributed by atoms with Crippen LogP contribution in [0.4, 0.5) is 0 Å². The van der Waals surface area contributed by atoms with E-state index in [9.17, 15) is 8.42 Å². The molecule has 21 heavy (non-hydrogen) atoms. The normalized spacial score (nSPS) is 11.0. The van der Waals surface area contributed by atoms with Crippen molar-refractivity contribution in [1.29, 1.82) is 0 Å². The highest BCUT2D eigenvalue weighted by molar-refractivity contribution is 7.85. The summed E-state index contributed by atoms with van der Waals surface area (Å²) in [7, 11) is -3.67. The van der Waals surface area contributed by atoms with Crippen LogP contribution in [0.1, 0.15) is 64.0 Å².